The van der Waals surface area contributed by atoms with Crippen LogP contribution in [-0.2, 0) is 11.3 Å². The molecular formula is C10H18IN3OS. The first-order valence-corrected chi connectivity index (χ1v) is 5.68. The van der Waals surface area contributed by atoms with Crippen molar-refractivity contribution in [2.45, 2.75) is 19.5 Å². The molecule has 3 N–H and O–H groups in total. The lowest BCUT2D eigenvalue weighted by atomic mass is 10.4. The summed E-state index contributed by atoms with van der Waals surface area (Å²) in [6, 6.07) is 4.23. The van der Waals surface area contributed by atoms with Crippen molar-refractivity contribution in [2.75, 3.05) is 13.7 Å². The van der Waals surface area contributed by atoms with E-state index in [4.69, 9.17) is 10.5 Å². The average molecular weight is 355 g/mol. The number of ether oxygens (including phenoxy) is 1. The molecule has 0 aliphatic heterocycles. The van der Waals surface area contributed by atoms with E-state index in [1.165, 1.54) is 4.88 Å². The number of halogens is 1. The van der Waals surface area contributed by atoms with Crippen LogP contribution >= 0.6 is 35.3 Å². The lowest BCUT2D eigenvalue weighted by Crippen LogP contribution is -2.40. The zero-order chi connectivity index (χ0) is 11.1. The SMILES string of the molecule is COCC(C)NC(N)=NCc1cccs1.I. The van der Waals surface area contributed by atoms with Gasteiger partial charge in [-0.15, -0.1) is 35.3 Å². The van der Waals surface area contributed by atoms with E-state index in [1.807, 2.05) is 24.4 Å². The zero-order valence-corrected chi connectivity index (χ0v) is 12.6. The fraction of sp³-hybridized carbons (Fsp3) is 0.500. The fourth-order valence-electron chi connectivity index (χ4n) is 1.16. The molecule has 1 heterocycles. The minimum Gasteiger partial charge on any atom is -0.383 e. The molecule has 1 aromatic heterocycles. The number of guanidine groups is 1. The number of thiophene rings is 1. The number of aliphatic imine (C=N–C) groups is 1. The van der Waals surface area contributed by atoms with Crippen LogP contribution in [0, 0.1) is 0 Å². The van der Waals surface area contributed by atoms with Gasteiger partial charge in [-0.05, 0) is 18.4 Å². The Morgan fingerprint density at radius 1 is 1.69 bits per heavy atom. The Balaban J connectivity index is 0.00000225. The molecular weight excluding hydrogens is 337 g/mol. The highest BCUT2D eigenvalue weighted by Crippen LogP contribution is 2.08. The van der Waals surface area contributed by atoms with E-state index < -0.39 is 0 Å². The molecule has 0 saturated carbocycles. The number of nitrogens with two attached hydrogens (primary N) is 1. The van der Waals surface area contributed by atoms with Gasteiger partial charge in [-0.1, -0.05) is 6.07 Å². The molecule has 1 unspecified atom stereocenters. The second kappa shape index (κ2) is 8.77. The van der Waals surface area contributed by atoms with Crippen molar-refractivity contribution in [3.63, 3.8) is 0 Å². The highest BCUT2D eigenvalue weighted by molar-refractivity contribution is 14.0. The van der Waals surface area contributed by atoms with E-state index in [9.17, 15) is 0 Å². The molecule has 1 aromatic rings. The highest BCUT2D eigenvalue weighted by atomic mass is 127. The first kappa shape index (κ1) is 15.7. The van der Waals surface area contributed by atoms with Crippen molar-refractivity contribution in [2.24, 2.45) is 10.7 Å². The van der Waals surface area contributed by atoms with Crippen LogP contribution in [0.25, 0.3) is 0 Å². The van der Waals surface area contributed by atoms with E-state index in [0.717, 1.165) is 0 Å². The molecule has 0 saturated heterocycles. The summed E-state index contributed by atoms with van der Waals surface area (Å²) in [4.78, 5) is 5.43. The molecule has 92 valence electrons. The Bertz CT molecular complexity index is 303. The van der Waals surface area contributed by atoms with Gasteiger partial charge >= 0.3 is 0 Å². The van der Waals surface area contributed by atoms with Gasteiger partial charge < -0.3 is 15.8 Å². The highest BCUT2D eigenvalue weighted by Gasteiger charge is 2.01. The molecule has 0 aliphatic rings. The Morgan fingerprint density at radius 3 is 3.00 bits per heavy atom. The van der Waals surface area contributed by atoms with Gasteiger partial charge in [0.2, 0.25) is 0 Å². The molecule has 0 aliphatic carbocycles. The summed E-state index contributed by atoms with van der Waals surface area (Å²) in [6.45, 7) is 3.25. The minimum atomic E-state index is 0. The Hall–Kier alpha value is -0.340. The summed E-state index contributed by atoms with van der Waals surface area (Å²) in [7, 11) is 1.66. The molecule has 0 amide bonds. The Labute approximate surface area is 117 Å². The molecule has 0 fully saturated rings. The van der Waals surface area contributed by atoms with Crippen molar-refractivity contribution in [3.05, 3.63) is 22.4 Å². The van der Waals surface area contributed by atoms with Crippen LogP contribution in [0.1, 0.15) is 11.8 Å². The second-order valence-corrected chi connectivity index (χ2v) is 4.31. The monoisotopic (exact) mass is 355 g/mol. The Morgan fingerprint density at radius 2 is 2.44 bits per heavy atom. The number of nitrogens with one attached hydrogen (secondary N) is 1. The van der Waals surface area contributed by atoms with Crippen LogP contribution < -0.4 is 11.1 Å². The quantitative estimate of drug-likeness (QED) is 0.481. The number of methoxy groups -OCH3 is 1. The third-order valence-corrected chi connectivity index (χ3v) is 2.66. The normalized spacial score (nSPS) is 13.0. The number of hydrogen-bond donors (Lipinski definition) is 2. The predicted molar refractivity (Wildman–Crippen MR) is 79.5 cm³/mol. The summed E-state index contributed by atoms with van der Waals surface area (Å²) in [6.07, 6.45) is 0. The number of rotatable bonds is 5. The van der Waals surface area contributed by atoms with Crippen LogP contribution in [0.3, 0.4) is 0 Å². The third-order valence-electron chi connectivity index (χ3n) is 1.80. The predicted octanol–water partition coefficient (Wildman–Crippen LogP) is 1.81. The van der Waals surface area contributed by atoms with E-state index >= 15 is 0 Å². The van der Waals surface area contributed by atoms with Crippen LogP contribution in [0.4, 0.5) is 0 Å². The van der Waals surface area contributed by atoms with Crippen LogP contribution in [0.5, 0.6) is 0 Å². The van der Waals surface area contributed by atoms with E-state index in [2.05, 4.69) is 10.3 Å². The first-order chi connectivity index (χ1) is 7.22. The van der Waals surface area contributed by atoms with Crippen LogP contribution in [0.15, 0.2) is 22.5 Å². The summed E-state index contributed by atoms with van der Waals surface area (Å²) in [5.74, 6) is 0.466. The summed E-state index contributed by atoms with van der Waals surface area (Å²) in [5.41, 5.74) is 5.71. The maximum Gasteiger partial charge on any atom is 0.189 e. The average Bonchev–Trinajstić information content (AvgIpc) is 2.67. The number of nitrogens with zero attached hydrogens (tertiary/aromatic N) is 1. The van der Waals surface area contributed by atoms with Crippen LogP contribution in [0.2, 0.25) is 0 Å². The van der Waals surface area contributed by atoms with Gasteiger partial charge in [0, 0.05) is 18.0 Å². The fourth-order valence-corrected chi connectivity index (χ4v) is 1.78. The molecule has 1 atom stereocenters. The van der Waals surface area contributed by atoms with E-state index in [0.29, 0.717) is 19.1 Å². The first-order valence-electron chi connectivity index (χ1n) is 4.80. The smallest absolute Gasteiger partial charge is 0.189 e. The standard InChI is InChI=1S/C10H17N3OS.HI/c1-8(7-14-2)13-10(11)12-6-9-4-3-5-15-9;/h3-5,8H,6-7H2,1-2H3,(H3,11,12,13);1H. The lowest BCUT2D eigenvalue weighted by molar-refractivity contribution is 0.179. The molecule has 4 nitrogen and oxygen atoms in total. The Kier molecular flexibility index (Phi) is 8.58. The molecule has 16 heavy (non-hydrogen) atoms. The summed E-state index contributed by atoms with van der Waals surface area (Å²) in [5, 5.41) is 5.08. The van der Waals surface area contributed by atoms with Crippen molar-refractivity contribution in [1.29, 1.82) is 0 Å². The van der Waals surface area contributed by atoms with Crippen molar-refractivity contribution >= 4 is 41.3 Å². The molecule has 0 spiro atoms. The van der Waals surface area contributed by atoms with Crippen molar-refractivity contribution in [1.82, 2.24) is 5.32 Å². The van der Waals surface area contributed by atoms with Crippen LogP contribution in [-0.4, -0.2) is 25.7 Å². The van der Waals surface area contributed by atoms with Gasteiger partial charge in [-0.25, -0.2) is 4.99 Å². The topological polar surface area (TPSA) is 59.6 Å². The maximum atomic E-state index is 5.71. The van der Waals surface area contributed by atoms with Gasteiger partial charge in [0.15, 0.2) is 5.96 Å². The molecule has 0 radical (unpaired) electrons. The van der Waals surface area contributed by atoms with Gasteiger partial charge in [0.05, 0.1) is 13.2 Å². The largest absolute Gasteiger partial charge is 0.383 e. The van der Waals surface area contributed by atoms with Gasteiger partial charge in [0.25, 0.3) is 0 Å². The third kappa shape index (κ3) is 6.29. The van der Waals surface area contributed by atoms with Gasteiger partial charge in [-0.2, -0.15) is 0 Å². The van der Waals surface area contributed by atoms with Crippen molar-refractivity contribution in [3.8, 4) is 0 Å². The van der Waals surface area contributed by atoms with E-state index in [1.54, 1.807) is 18.4 Å². The lowest BCUT2D eigenvalue weighted by Gasteiger charge is -2.12. The molecule has 0 aromatic carbocycles. The summed E-state index contributed by atoms with van der Waals surface area (Å²) < 4.78 is 4.98. The minimum absolute atomic E-state index is 0. The van der Waals surface area contributed by atoms with Gasteiger partial charge in [-0.3, -0.25) is 0 Å². The number of hydrogen-bond acceptors (Lipinski definition) is 3. The molecule has 6 heteroatoms. The second-order valence-electron chi connectivity index (χ2n) is 3.28. The summed E-state index contributed by atoms with van der Waals surface area (Å²) >= 11 is 1.68. The zero-order valence-electron chi connectivity index (χ0n) is 9.47. The van der Waals surface area contributed by atoms with E-state index in [-0.39, 0.29) is 30.0 Å². The maximum absolute atomic E-state index is 5.71. The van der Waals surface area contributed by atoms with Crippen molar-refractivity contribution < 1.29 is 4.74 Å². The van der Waals surface area contributed by atoms with Gasteiger partial charge in [0.1, 0.15) is 0 Å². The molecule has 1 rings (SSSR count). The molecule has 0 bridgehead atoms.